The summed E-state index contributed by atoms with van der Waals surface area (Å²) in [5.74, 6) is -0.172. The fourth-order valence-electron chi connectivity index (χ4n) is 11.0. The van der Waals surface area contributed by atoms with Gasteiger partial charge in [0.1, 0.15) is 24.4 Å². The number of hydrogen-bond donors (Lipinski definition) is 6. The van der Waals surface area contributed by atoms with Crippen molar-refractivity contribution >= 4 is 11.9 Å². The topological polar surface area (TPSA) is 175 Å². The van der Waals surface area contributed by atoms with Gasteiger partial charge in [0.05, 0.1) is 32.0 Å². The molecule has 11 heteroatoms. The zero-order chi connectivity index (χ0) is 56.6. The monoisotopic (exact) mass is 1110 g/mol. The van der Waals surface area contributed by atoms with Gasteiger partial charge in [0.25, 0.3) is 0 Å². The van der Waals surface area contributed by atoms with Crippen molar-refractivity contribution in [3.05, 3.63) is 12.2 Å². The minimum Gasteiger partial charge on any atom is -0.466 e. The summed E-state index contributed by atoms with van der Waals surface area (Å²) in [5.41, 5.74) is 0. The summed E-state index contributed by atoms with van der Waals surface area (Å²) in [4.78, 5) is 25.1. The van der Waals surface area contributed by atoms with E-state index in [1.807, 2.05) is 6.08 Å². The number of esters is 1. The van der Waals surface area contributed by atoms with Crippen LogP contribution in [0.4, 0.5) is 0 Å². The molecule has 1 aliphatic rings. The minimum atomic E-state index is -1.57. The number of ether oxygens (including phenoxy) is 3. The highest BCUT2D eigenvalue weighted by Crippen LogP contribution is 2.23. The van der Waals surface area contributed by atoms with Gasteiger partial charge < -0.3 is 45.1 Å². The second-order valence-corrected chi connectivity index (χ2v) is 23.9. The van der Waals surface area contributed by atoms with Crippen LogP contribution in [0.2, 0.25) is 0 Å². The number of nitrogens with one attached hydrogen (secondary N) is 1. The van der Waals surface area contributed by atoms with E-state index in [1.54, 1.807) is 6.08 Å². The van der Waals surface area contributed by atoms with E-state index in [9.17, 15) is 35.1 Å². The van der Waals surface area contributed by atoms with E-state index in [1.165, 1.54) is 257 Å². The van der Waals surface area contributed by atoms with Crippen molar-refractivity contribution in [1.29, 1.82) is 0 Å². The Morgan fingerprint density at radius 1 is 0.462 bits per heavy atom. The fourth-order valence-corrected chi connectivity index (χ4v) is 11.0. The van der Waals surface area contributed by atoms with Crippen LogP contribution in [0, 0.1) is 0 Å². The third-order valence-corrected chi connectivity index (χ3v) is 16.4. The smallest absolute Gasteiger partial charge is 0.305 e. The fraction of sp³-hybridized carbons (Fsp3) is 0.940. The molecule has 1 aliphatic heterocycles. The molecular weight excluding hydrogens is 979 g/mol. The summed E-state index contributed by atoms with van der Waals surface area (Å²) in [6, 6.07) is -0.807. The minimum absolute atomic E-state index is 0.00897. The summed E-state index contributed by atoms with van der Waals surface area (Å²) >= 11 is 0. The summed E-state index contributed by atoms with van der Waals surface area (Å²) < 4.78 is 16.7. The summed E-state index contributed by atoms with van der Waals surface area (Å²) in [5, 5.41) is 54.3. The Morgan fingerprint density at radius 2 is 0.808 bits per heavy atom. The average Bonchev–Trinajstić information content (AvgIpc) is 3.44. The molecule has 1 rings (SSSR count). The van der Waals surface area contributed by atoms with Crippen molar-refractivity contribution in [3.63, 3.8) is 0 Å². The van der Waals surface area contributed by atoms with Crippen molar-refractivity contribution in [2.45, 2.75) is 384 Å². The maximum Gasteiger partial charge on any atom is 0.305 e. The molecule has 0 aliphatic carbocycles. The van der Waals surface area contributed by atoms with E-state index in [2.05, 4.69) is 19.2 Å². The molecule has 7 atom stereocenters. The molecule has 0 saturated carbocycles. The van der Waals surface area contributed by atoms with E-state index in [0.717, 1.165) is 57.8 Å². The first kappa shape index (κ1) is 74.4. The van der Waals surface area contributed by atoms with Crippen LogP contribution in [-0.4, -0.2) is 100 Å². The van der Waals surface area contributed by atoms with Crippen molar-refractivity contribution in [1.82, 2.24) is 5.32 Å². The lowest BCUT2D eigenvalue weighted by Crippen LogP contribution is -2.60. The van der Waals surface area contributed by atoms with Crippen LogP contribution in [0.1, 0.15) is 341 Å². The van der Waals surface area contributed by atoms with Gasteiger partial charge in [-0.25, -0.2) is 0 Å². The SMILES string of the molecule is CCCCCCCCC/C=C/C(O)C(COC1OC(CO)C(O)C(O)C1O)NC(=O)CCCCCCCCCCCCCCCCCCCCCCCCCCOC(=O)CCCCCCCCCCCCCCCCCCC. The highest BCUT2D eigenvalue weighted by atomic mass is 16.7. The maximum absolute atomic E-state index is 13.0. The van der Waals surface area contributed by atoms with Crippen LogP contribution < -0.4 is 5.32 Å². The molecule has 6 N–H and O–H groups in total. The molecule has 462 valence electrons. The molecular formula is C67H129NO10. The lowest BCUT2D eigenvalue weighted by Gasteiger charge is -2.40. The van der Waals surface area contributed by atoms with Crippen LogP contribution >= 0.6 is 0 Å². The third-order valence-electron chi connectivity index (χ3n) is 16.4. The van der Waals surface area contributed by atoms with E-state index >= 15 is 0 Å². The number of carbonyl (C=O) groups excluding carboxylic acids is 2. The number of aliphatic hydroxyl groups is 5. The molecule has 1 fully saturated rings. The molecule has 0 spiro atoms. The maximum atomic E-state index is 13.0. The Bertz CT molecular complexity index is 1300. The van der Waals surface area contributed by atoms with Crippen LogP contribution in [0.3, 0.4) is 0 Å². The Hall–Kier alpha value is -1.60. The van der Waals surface area contributed by atoms with Gasteiger partial charge in [-0.05, 0) is 32.1 Å². The Morgan fingerprint density at radius 3 is 1.19 bits per heavy atom. The van der Waals surface area contributed by atoms with Gasteiger partial charge in [0.2, 0.25) is 5.91 Å². The first-order valence-corrected chi connectivity index (χ1v) is 34.0. The molecule has 0 aromatic rings. The zero-order valence-electron chi connectivity index (χ0n) is 51.2. The second-order valence-electron chi connectivity index (χ2n) is 23.9. The standard InChI is InChI=1S/C67H129NO10/c1-3-5-7-9-11-13-14-15-16-25-29-32-35-39-43-47-51-55-63(72)76-56-52-48-44-40-36-33-30-27-24-22-20-18-17-19-21-23-26-28-31-34-38-42-46-50-54-62(71)68-59(60(70)53-49-45-41-37-12-10-8-6-4-2)58-77-67-66(75)65(74)64(73)61(57-69)78-67/h49,53,59-61,64-67,69-70,73-75H,3-48,50-52,54-58H2,1-2H3,(H,68,71)/b53-49+. The number of hydrogen-bond acceptors (Lipinski definition) is 10. The van der Waals surface area contributed by atoms with Crippen molar-refractivity contribution in [3.8, 4) is 0 Å². The molecule has 0 bridgehead atoms. The largest absolute Gasteiger partial charge is 0.466 e. The molecule has 0 aromatic heterocycles. The quantitative estimate of drug-likeness (QED) is 0.0195. The highest BCUT2D eigenvalue weighted by Gasteiger charge is 2.44. The van der Waals surface area contributed by atoms with Gasteiger partial charge in [0, 0.05) is 12.8 Å². The van der Waals surface area contributed by atoms with Crippen LogP contribution in [0.5, 0.6) is 0 Å². The average molecular weight is 1110 g/mol. The first-order valence-electron chi connectivity index (χ1n) is 34.0. The lowest BCUT2D eigenvalue weighted by molar-refractivity contribution is -0.302. The van der Waals surface area contributed by atoms with Gasteiger partial charge in [-0.2, -0.15) is 0 Å². The van der Waals surface area contributed by atoms with Gasteiger partial charge in [-0.3, -0.25) is 9.59 Å². The number of aliphatic hydroxyl groups excluding tert-OH is 5. The lowest BCUT2D eigenvalue weighted by atomic mass is 9.99. The van der Waals surface area contributed by atoms with Gasteiger partial charge in [-0.15, -0.1) is 0 Å². The predicted molar refractivity (Wildman–Crippen MR) is 325 cm³/mol. The Labute approximate surface area is 480 Å². The normalized spacial score (nSPS) is 18.5. The van der Waals surface area contributed by atoms with Crippen molar-refractivity contribution in [2.24, 2.45) is 0 Å². The molecule has 7 unspecified atom stereocenters. The van der Waals surface area contributed by atoms with Crippen LogP contribution in [-0.2, 0) is 23.8 Å². The second kappa shape index (κ2) is 57.2. The zero-order valence-corrected chi connectivity index (χ0v) is 51.2. The number of unbranched alkanes of at least 4 members (excludes halogenated alkanes) is 46. The van der Waals surface area contributed by atoms with Crippen molar-refractivity contribution < 1.29 is 49.3 Å². The number of rotatable bonds is 60. The summed E-state index contributed by atoms with van der Waals surface area (Å²) in [6.45, 7) is 4.35. The Balaban J connectivity index is 1.92. The number of allylic oxidation sites excluding steroid dienone is 1. The van der Waals surface area contributed by atoms with Gasteiger partial charge in [0.15, 0.2) is 6.29 Å². The van der Waals surface area contributed by atoms with E-state index < -0.39 is 49.5 Å². The van der Waals surface area contributed by atoms with E-state index in [4.69, 9.17) is 14.2 Å². The highest BCUT2D eigenvalue weighted by molar-refractivity contribution is 5.76. The molecule has 0 aromatic carbocycles. The molecule has 1 saturated heterocycles. The first-order chi connectivity index (χ1) is 38.2. The van der Waals surface area contributed by atoms with Crippen LogP contribution in [0.15, 0.2) is 12.2 Å². The van der Waals surface area contributed by atoms with Gasteiger partial charge >= 0.3 is 5.97 Å². The van der Waals surface area contributed by atoms with Crippen molar-refractivity contribution in [2.75, 3.05) is 19.8 Å². The van der Waals surface area contributed by atoms with Crippen LogP contribution in [0.25, 0.3) is 0 Å². The molecule has 11 nitrogen and oxygen atoms in total. The molecule has 78 heavy (non-hydrogen) atoms. The van der Waals surface area contributed by atoms with E-state index in [-0.39, 0.29) is 18.5 Å². The summed E-state index contributed by atoms with van der Waals surface area (Å²) in [6.07, 6.45) is 59.2. The summed E-state index contributed by atoms with van der Waals surface area (Å²) in [7, 11) is 0. The van der Waals surface area contributed by atoms with E-state index in [0.29, 0.717) is 19.4 Å². The molecule has 1 amide bonds. The molecule has 1 heterocycles. The molecule has 0 radical (unpaired) electrons. The number of carbonyl (C=O) groups is 2. The Kier molecular flexibility index (Phi) is 54.6. The van der Waals surface area contributed by atoms with Gasteiger partial charge in [-0.1, -0.05) is 309 Å². The number of amides is 1. The third kappa shape index (κ3) is 45.9. The predicted octanol–water partition coefficient (Wildman–Crippen LogP) is 16.7.